The van der Waals surface area contributed by atoms with Gasteiger partial charge in [0.05, 0.1) is 5.69 Å². The first-order valence-electron chi connectivity index (χ1n) is 5.82. The summed E-state index contributed by atoms with van der Waals surface area (Å²) >= 11 is 1.74. The van der Waals surface area contributed by atoms with Gasteiger partial charge in [0.2, 0.25) is 0 Å². The molecule has 0 aliphatic rings. The van der Waals surface area contributed by atoms with Gasteiger partial charge in [0, 0.05) is 24.5 Å². The highest BCUT2D eigenvalue weighted by atomic mass is 32.1. The van der Waals surface area contributed by atoms with Crippen molar-refractivity contribution >= 4 is 11.3 Å². The van der Waals surface area contributed by atoms with Crippen molar-refractivity contribution in [2.24, 2.45) is 5.92 Å². The fourth-order valence-electron chi connectivity index (χ4n) is 1.56. The zero-order chi connectivity index (χ0) is 12.1. The summed E-state index contributed by atoms with van der Waals surface area (Å²) in [6.07, 6.45) is 0. The molecule has 0 aliphatic carbocycles. The van der Waals surface area contributed by atoms with E-state index in [4.69, 9.17) is 0 Å². The number of hydrogen-bond donors (Lipinski definition) is 1. The highest BCUT2D eigenvalue weighted by Crippen LogP contribution is 2.14. The molecule has 4 heteroatoms. The van der Waals surface area contributed by atoms with E-state index in [1.165, 1.54) is 10.7 Å². The second-order valence-corrected chi connectivity index (χ2v) is 5.61. The van der Waals surface area contributed by atoms with Gasteiger partial charge in [0.15, 0.2) is 0 Å². The van der Waals surface area contributed by atoms with E-state index < -0.39 is 0 Å². The summed E-state index contributed by atoms with van der Waals surface area (Å²) in [5.41, 5.74) is 1.19. The highest BCUT2D eigenvalue weighted by Gasteiger charge is 2.14. The summed E-state index contributed by atoms with van der Waals surface area (Å²) in [5.74, 6) is 0.681. The lowest BCUT2D eigenvalue weighted by Gasteiger charge is -2.26. The molecule has 0 amide bonds. The number of nitrogens with zero attached hydrogens (tertiary/aromatic N) is 2. The van der Waals surface area contributed by atoms with Crippen LogP contribution in [0.2, 0.25) is 0 Å². The standard InChI is InChI=1S/C12H23N3S/c1-9(2)10(3)15(5)7-11-8-16-12(14-11)6-13-4/h8-10,13H,6-7H2,1-5H3. The van der Waals surface area contributed by atoms with E-state index >= 15 is 0 Å². The molecule has 1 atom stereocenters. The third kappa shape index (κ3) is 3.85. The van der Waals surface area contributed by atoms with Crippen LogP contribution in [0.3, 0.4) is 0 Å². The van der Waals surface area contributed by atoms with Gasteiger partial charge in [-0.05, 0) is 26.9 Å². The minimum Gasteiger partial charge on any atom is -0.314 e. The van der Waals surface area contributed by atoms with Gasteiger partial charge in [-0.1, -0.05) is 13.8 Å². The van der Waals surface area contributed by atoms with Crippen LogP contribution in [0.15, 0.2) is 5.38 Å². The summed E-state index contributed by atoms with van der Waals surface area (Å²) in [4.78, 5) is 6.96. The lowest BCUT2D eigenvalue weighted by atomic mass is 10.1. The Bertz CT molecular complexity index is 309. The molecular formula is C12H23N3S. The number of nitrogens with one attached hydrogen (secondary N) is 1. The third-order valence-corrected chi connectivity index (χ3v) is 3.90. The smallest absolute Gasteiger partial charge is 0.107 e. The molecule has 1 aromatic heterocycles. The first-order chi connectivity index (χ1) is 7.54. The molecule has 0 spiro atoms. The molecule has 1 rings (SSSR count). The molecule has 0 aromatic carbocycles. The molecule has 92 valence electrons. The summed E-state index contributed by atoms with van der Waals surface area (Å²) in [6.45, 7) is 8.60. The summed E-state index contributed by atoms with van der Waals surface area (Å²) in [6, 6.07) is 0.592. The van der Waals surface area contributed by atoms with Crippen LogP contribution < -0.4 is 5.32 Å². The predicted molar refractivity (Wildman–Crippen MR) is 70.6 cm³/mol. The van der Waals surface area contributed by atoms with Gasteiger partial charge >= 0.3 is 0 Å². The van der Waals surface area contributed by atoms with Crippen molar-refractivity contribution < 1.29 is 0 Å². The first kappa shape index (κ1) is 13.6. The van der Waals surface area contributed by atoms with Crippen molar-refractivity contribution in [3.05, 3.63) is 16.1 Å². The summed E-state index contributed by atoms with van der Waals surface area (Å²) in [7, 11) is 4.12. The van der Waals surface area contributed by atoms with Crippen molar-refractivity contribution in [1.29, 1.82) is 0 Å². The van der Waals surface area contributed by atoms with E-state index in [2.05, 4.69) is 48.4 Å². The van der Waals surface area contributed by atoms with Crippen molar-refractivity contribution in [3.63, 3.8) is 0 Å². The summed E-state index contributed by atoms with van der Waals surface area (Å²) < 4.78 is 0. The fraction of sp³-hybridized carbons (Fsp3) is 0.750. The molecule has 0 aliphatic heterocycles. The quantitative estimate of drug-likeness (QED) is 0.828. The number of aromatic nitrogens is 1. The topological polar surface area (TPSA) is 28.2 Å². The van der Waals surface area contributed by atoms with E-state index in [9.17, 15) is 0 Å². The molecule has 0 saturated carbocycles. The molecule has 1 aromatic rings. The molecular weight excluding hydrogens is 218 g/mol. The largest absolute Gasteiger partial charge is 0.314 e. The van der Waals surface area contributed by atoms with E-state index in [0.717, 1.165) is 13.1 Å². The van der Waals surface area contributed by atoms with Crippen LogP contribution in [0, 0.1) is 5.92 Å². The van der Waals surface area contributed by atoms with Crippen LogP contribution in [0.4, 0.5) is 0 Å². The molecule has 0 bridgehead atoms. The van der Waals surface area contributed by atoms with E-state index in [-0.39, 0.29) is 0 Å². The maximum Gasteiger partial charge on any atom is 0.107 e. The van der Waals surface area contributed by atoms with Crippen molar-refractivity contribution in [2.75, 3.05) is 14.1 Å². The Kier molecular flexibility index (Phi) is 5.38. The lowest BCUT2D eigenvalue weighted by molar-refractivity contribution is 0.198. The molecule has 0 radical (unpaired) electrons. The Balaban J connectivity index is 2.52. The predicted octanol–water partition coefficient (Wildman–Crippen LogP) is 2.34. The Labute approximate surface area is 103 Å². The minimum atomic E-state index is 0.592. The molecule has 1 unspecified atom stereocenters. The van der Waals surface area contributed by atoms with Gasteiger partial charge in [0.1, 0.15) is 5.01 Å². The van der Waals surface area contributed by atoms with Crippen molar-refractivity contribution in [2.45, 2.75) is 39.9 Å². The fourth-order valence-corrected chi connectivity index (χ4v) is 2.36. The Morgan fingerprint density at radius 3 is 2.69 bits per heavy atom. The van der Waals surface area contributed by atoms with E-state index in [0.29, 0.717) is 12.0 Å². The normalized spacial score (nSPS) is 13.7. The van der Waals surface area contributed by atoms with Crippen LogP contribution in [0.25, 0.3) is 0 Å². The van der Waals surface area contributed by atoms with Crippen LogP contribution in [0.1, 0.15) is 31.5 Å². The molecule has 3 nitrogen and oxygen atoms in total. The molecule has 1 heterocycles. The maximum atomic E-state index is 4.60. The zero-order valence-corrected chi connectivity index (χ0v) is 11.8. The minimum absolute atomic E-state index is 0.592. The van der Waals surface area contributed by atoms with Crippen LogP contribution >= 0.6 is 11.3 Å². The third-order valence-electron chi connectivity index (χ3n) is 3.00. The first-order valence-corrected chi connectivity index (χ1v) is 6.70. The second kappa shape index (κ2) is 6.33. The monoisotopic (exact) mass is 241 g/mol. The van der Waals surface area contributed by atoms with Gasteiger partial charge in [-0.15, -0.1) is 11.3 Å². The number of hydrogen-bond acceptors (Lipinski definition) is 4. The Morgan fingerprint density at radius 1 is 1.44 bits per heavy atom. The van der Waals surface area contributed by atoms with Gasteiger partial charge in [-0.25, -0.2) is 4.98 Å². The molecule has 16 heavy (non-hydrogen) atoms. The van der Waals surface area contributed by atoms with Crippen LogP contribution in [-0.4, -0.2) is 30.0 Å². The maximum absolute atomic E-state index is 4.60. The average molecular weight is 241 g/mol. The zero-order valence-electron chi connectivity index (χ0n) is 10.9. The average Bonchev–Trinajstić information content (AvgIpc) is 2.65. The Hall–Kier alpha value is -0.450. The SMILES string of the molecule is CNCc1nc(CN(C)C(C)C(C)C)cs1. The van der Waals surface area contributed by atoms with Gasteiger partial charge in [-0.3, -0.25) is 4.90 Å². The molecule has 0 fully saturated rings. The second-order valence-electron chi connectivity index (χ2n) is 4.66. The number of rotatable bonds is 6. The van der Waals surface area contributed by atoms with Crippen molar-refractivity contribution in [1.82, 2.24) is 15.2 Å². The summed E-state index contributed by atoms with van der Waals surface area (Å²) in [5, 5.41) is 6.46. The van der Waals surface area contributed by atoms with Crippen LogP contribution in [0.5, 0.6) is 0 Å². The number of thiazole rings is 1. The molecule has 1 N–H and O–H groups in total. The van der Waals surface area contributed by atoms with Crippen molar-refractivity contribution in [3.8, 4) is 0 Å². The highest BCUT2D eigenvalue weighted by molar-refractivity contribution is 7.09. The van der Waals surface area contributed by atoms with E-state index in [1.54, 1.807) is 11.3 Å². The van der Waals surface area contributed by atoms with Gasteiger partial charge in [0.25, 0.3) is 0 Å². The van der Waals surface area contributed by atoms with Gasteiger partial charge in [-0.2, -0.15) is 0 Å². The van der Waals surface area contributed by atoms with E-state index in [1.807, 2.05) is 7.05 Å². The molecule has 0 saturated heterocycles. The van der Waals surface area contributed by atoms with Gasteiger partial charge < -0.3 is 5.32 Å². The Morgan fingerprint density at radius 2 is 2.12 bits per heavy atom. The lowest BCUT2D eigenvalue weighted by Crippen LogP contribution is -2.32. The van der Waals surface area contributed by atoms with Crippen LogP contribution in [-0.2, 0) is 13.1 Å².